The maximum absolute atomic E-state index is 14.8. The Morgan fingerprint density at radius 1 is 0.671 bits per heavy atom. The van der Waals surface area contributed by atoms with Crippen LogP contribution in [0.2, 0.25) is 0 Å². The number of hydrogen-bond acceptors (Lipinski definition) is 11. The van der Waals surface area contributed by atoms with Crippen molar-refractivity contribution in [3.8, 4) is 0 Å². The van der Waals surface area contributed by atoms with Gasteiger partial charge in [0.05, 0.1) is 33.7 Å². The quantitative estimate of drug-likeness (QED) is 0.103. The van der Waals surface area contributed by atoms with Crippen molar-refractivity contribution in [2.75, 3.05) is 18.6 Å². The normalized spacial score (nSPS) is 32.1. The van der Waals surface area contributed by atoms with Crippen molar-refractivity contribution in [2.24, 2.45) is 40.4 Å². The van der Waals surface area contributed by atoms with Crippen LogP contribution in [0.3, 0.4) is 0 Å². The standard InChI is InChI=1S/C59H81N7O6S4/c1-9-32(2)55(74)62-43-23-25-76-47-31-59(6,7)51(66(47)57(43)72)54(70)64-49-40-17-13-11-15-36(40)28-42(49)52(68)61-38-20-18-34(19-21-38)26-44(67)41-27-35-14-10-12-16-39(35)48(41)63-53(69)50-58(4,5)30-46-65(50)56(71)37(22-24-75-46)29-45(73)33(3)60-8/h10-17,32-34,37-38,41-43,46-51,60H,9,18-31H2,1-8H3,(H,61,68)(H,62,74)(H,63,69)(H,64,70)/t32-,33+,34?,37-,38?,41+,42-,43+,46+,47+,48+,49+,50-,51-/m1/s1. The molecule has 2 aromatic rings. The first-order valence-electron chi connectivity index (χ1n) is 28.2. The predicted octanol–water partition coefficient (Wildman–Crippen LogP) is 8.18. The lowest BCUT2D eigenvalue weighted by Crippen LogP contribution is -2.57. The molecule has 0 aromatic heterocycles. The lowest BCUT2D eigenvalue weighted by Gasteiger charge is -2.36. The van der Waals surface area contributed by atoms with Gasteiger partial charge in [-0.3, -0.25) is 28.8 Å². The van der Waals surface area contributed by atoms with Gasteiger partial charge in [-0.25, -0.2) is 0 Å². The van der Waals surface area contributed by atoms with Crippen LogP contribution in [0, 0.1) is 40.4 Å². The largest absolute Gasteiger partial charge is 0.368 e. The molecule has 1 saturated carbocycles. The number of amides is 5. The Balaban J connectivity index is 0.830. The van der Waals surface area contributed by atoms with Crippen molar-refractivity contribution >= 4 is 93.1 Å². The molecule has 0 unspecified atom stereocenters. The van der Waals surface area contributed by atoms with E-state index in [4.69, 9.17) is 24.4 Å². The minimum atomic E-state index is -0.719. The summed E-state index contributed by atoms with van der Waals surface area (Å²) in [6, 6.07) is 12.9. The third-order valence-electron chi connectivity index (χ3n) is 18.4. The van der Waals surface area contributed by atoms with E-state index in [1.54, 1.807) is 23.5 Å². The lowest BCUT2D eigenvalue weighted by molar-refractivity contribution is -0.144. The van der Waals surface area contributed by atoms with E-state index in [9.17, 15) is 28.8 Å². The Morgan fingerprint density at radius 2 is 1.20 bits per heavy atom. The molecule has 13 nitrogen and oxygen atoms in total. The van der Waals surface area contributed by atoms with Crippen LogP contribution < -0.4 is 26.6 Å². The monoisotopic (exact) mass is 1110 g/mol. The fourth-order valence-electron chi connectivity index (χ4n) is 13.7. The molecule has 4 heterocycles. The highest BCUT2D eigenvalue weighted by Crippen LogP contribution is 2.50. The van der Waals surface area contributed by atoms with Crippen LogP contribution in [-0.2, 0) is 41.6 Å². The molecular formula is C59H81N7O6S4. The van der Waals surface area contributed by atoms with Crippen molar-refractivity contribution in [3.63, 3.8) is 0 Å². The minimum absolute atomic E-state index is 0.00327. The van der Waals surface area contributed by atoms with Crippen LogP contribution >= 0.6 is 48.0 Å². The number of thiocarbonyl (C=S) groups is 2. The number of rotatable bonds is 16. The van der Waals surface area contributed by atoms with E-state index in [1.165, 1.54) is 0 Å². The number of ketones is 1. The molecule has 2 aromatic carbocycles. The summed E-state index contributed by atoms with van der Waals surface area (Å²) in [7, 11) is 1.87. The molecule has 3 aliphatic carbocycles. The third-order valence-corrected chi connectivity index (χ3v) is 22.0. The molecule has 0 radical (unpaired) electrons. The Morgan fingerprint density at radius 3 is 1.76 bits per heavy atom. The zero-order chi connectivity index (χ0) is 54.4. The number of nitrogens with one attached hydrogen (secondary N) is 5. The van der Waals surface area contributed by atoms with Crippen LogP contribution in [0.15, 0.2) is 48.5 Å². The van der Waals surface area contributed by atoms with Gasteiger partial charge in [-0.2, -0.15) is 0 Å². The molecule has 412 valence electrons. The molecule has 5 fully saturated rings. The van der Waals surface area contributed by atoms with E-state index in [-0.39, 0.29) is 75.9 Å². The number of fused-ring (bicyclic) bond motifs is 4. The second kappa shape index (κ2) is 23.4. The molecule has 0 bridgehead atoms. The Bertz CT molecular complexity index is 2410. The SMILES string of the molecule is CC[C@@H](C)C(=S)N[C@H]1CCS[C@H]2CC(C)(C)[C@@H](C(=O)N[C@H]3c4ccccc4C[C@H]3C(=O)NC3CCC(CC(=O)[C@@H]4Cc5ccccc5[C@@H]4NC(=O)[C@H]4N5C(=O)[C@@H](CC(=S)[C@H](C)NC)CCS[C@H]5CC4(C)C)CC3)N2C1=O. The van der Waals surface area contributed by atoms with Gasteiger partial charge in [0.25, 0.3) is 0 Å². The van der Waals surface area contributed by atoms with Crippen molar-refractivity contribution in [2.45, 2.75) is 185 Å². The predicted molar refractivity (Wildman–Crippen MR) is 311 cm³/mol. The molecule has 7 aliphatic rings. The summed E-state index contributed by atoms with van der Waals surface area (Å²) >= 11 is 15.0. The Kier molecular flexibility index (Phi) is 17.5. The number of Topliss-reactive ketones (excluding diaryl/α,β-unsaturated/α-hetero) is 1. The zero-order valence-corrected chi connectivity index (χ0v) is 49.1. The van der Waals surface area contributed by atoms with E-state index in [0.717, 1.165) is 77.1 Å². The molecule has 5 amide bonds. The van der Waals surface area contributed by atoms with Gasteiger partial charge in [-0.05, 0) is 142 Å². The summed E-state index contributed by atoms with van der Waals surface area (Å²) in [5.41, 5.74) is 3.01. The summed E-state index contributed by atoms with van der Waals surface area (Å²) in [4.78, 5) is 92.8. The lowest BCUT2D eigenvalue weighted by atomic mass is 9.80. The van der Waals surface area contributed by atoms with E-state index >= 15 is 0 Å². The van der Waals surface area contributed by atoms with Crippen molar-refractivity contribution in [1.82, 2.24) is 36.4 Å². The molecule has 12 atom stereocenters. The van der Waals surface area contributed by atoms with E-state index in [1.807, 2.05) is 66.2 Å². The van der Waals surface area contributed by atoms with Gasteiger partial charge in [-0.1, -0.05) is 115 Å². The highest BCUT2D eigenvalue weighted by Gasteiger charge is 2.57. The average molecular weight is 1110 g/mol. The Labute approximate surface area is 470 Å². The molecule has 76 heavy (non-hydrogen) atoms. The Hall–Kier alpha value is -3.90. The third kappa shape index (κ3) is 11.6. The van der Waals surface area contributed by atoms with Gasteiger partial charge in [0, 0.05) is 41.1 Å². The number of nitrogens with zero attached hydrogens (tertiary/aromatic N) is 2. The topological polar surface area (TPSA) is 169 Å². The number of benzene rings is 2. The van der Waals surface area contributed by atoms with E-state index in [2.05, 4.69) is 74.2 Å². The molecule has 9 rings (SSSR count). The second-order valence-corrected chi connectivity index (χ2v) is 28.1. The number of carbonyl (C=O) groups is 6. The molecular weight excluding hydrogens is 1030 g/mol. The van der Waals surface area contributed by atoms with Crippen molar-refractivity contribution in [3.05, 3.63) is 70.8 Å². The smallest absolute Gasteiger partial charge is 0.246 e. The first kappa shape index (κ1) is 56.8. The maximum Gasteiger partial charge on any atom is 0.246 e. The van der Waals surface area contributed by atoms with Gasteiger partial charge < -0.3 is 36.4 Å². The minimum Gasteiger partial charge on any atom is -0.368 e. The van der Waals surface area contributed by atoms with Crippen LogP contribution in [-0.4, -0.2) is 114 Å². The summed E-state index contributed by atoms with van der Waals surface area (Å²) in [5, 5.41) is 16.5. The number of thioether (sulfide) groups is 2. The molecule has 5 N–H and O–H groups in total. The van der Waals surface area contributed by atoms with Gasteiger partial charge >= 0.3 is 0 Å². The van der Waals surface area contributed by atoms with Crippen LogP contribution in [0.1, 0.15) is 153 Å². The number of carbonyl (C=O) groups excluding carboxylic acids is 6. The number of hydrogen-bond donors (Lipinski definition) is 5. The van der Waals surface area contributed by atoms with Crippen LogP contribution in [0.5, 0.6) is 0 Å². The summed E-state index contributed by atoms with van der Waals surface area (Å²) in [6.45, 7) is 14.5. The van der Waals surface area contributed by atoms with Crippen LogP contribution in [0.25, 0.3) is 0 Å². The molecule has 17 heteroatoms. The molecule has 4 saturated heterocycles. The van der Waals surface area contributed by atoms with E-state index < -0.39 is 52.9 Å². The second-order valence-electron chi connectivity index (χ2n) is 24.5. The van der Waals surface area contributed by atoms with Crippen molar-refractivity contribution < 1.29 is 28.8 Å². The highest BCUT2D eigenvalue weighted by atomic mass is 32.2. The van der Waals surface area contributed by atoms with Crippen LogP contribution in [0.4, 0.5) is 0 Å². The molecule has 4 aliphatic heterocycles. The fourth-order valence-corrected chi connectivity index (χ4v) is 17.5. The van der Waals surface area contributed by atoms with Gasteiger partial charge in [0.1, 0.15) is 23.9 Å². The first-order valence-corrected chi connectivity index (χ1v) is 31.1. The van der Waals surface area contributed by atoms with E-state index in [0.29, 0.717) is 49.9 Å². The maximum atomic E-state index is 14.8. The highest BCUT2D eigenvalue weighted by molar-refractivity contribution is 8.00. The van der Waals surface area contributed by atoms with Gasteiger partial charge in [0.2, 0.25) is 29.5 Å². The average Bonchev–Trinajstić information content (AvgIpc) is 4.06. The molecule has 0 spiro atoms. The fraction of sp³-hybridized carbons (Fsp3) is 0.661. The zero-order valence-electron chi connectivity index (χ0n) is 45.8. The van der Waals surface area contributed by atoms with Gasteiger partial charge in [0.15, 0.2) is 0 Å². The summed E-state index contributed by atoms with van der Waals surface area (Å²) < 4.78 is 0. The summed E-state index contributed by atoms with van der Waals surface area (Å²) in [6.07, 6.45) is 8.55. The summed E-state index contributed by atoms with van der Waals surface area (Å²) in [5.74, 6) is 0.121. The van der Waals surface area contributed by atoms with Crippen molar-refractivity contribution in [1.29, 1.82) is 0 Å². The van der Waals surface area contributed by atoms with Gasteiger partial charge in [-0.15, -0.1) is 23.5 Å². The first-order chi connectivity index (χ1) is 36.2.